The zero-order valence-corrected chi connectivity index (χ0v) is 28.8. The van der Waals surface area contributed by atoms with Crippen molar-refractivity contribution in [2.45, 2.75) is 134 Å². The maximum atomic E-state index is 13.3. The van der Waals surface area contributed by atoms with Gasteiger partial charge in [0, 0.05) is 11.8 Å². The van der Waals surface area contributed by atoms with Crippen LogP contribution in [-0.4, -0.2) is 71.4 Å². The molecule has 44 heavy (non-hydrogen) atoms. The Balaban J connectivity index is 2.70. The molecule has 12 heteroatoms. The second-order valence-corrected chi connectivity index (χ2v) is 15.7. The van der Waals surface area contributed by atoms with Gasteiger partial charge in [-0.3, -0.25) is 24.3 Å². The number of carbonyl (C=O) groups excluding carboxylic acids is 4. The molecule has 1 fully saturated rings. The summed E-state index contributed by atoms with van der Waals surface area (Å²) in [6.45, 7) is 23.6. The second-order valence-electron chi connectivity index (χ2n) is 15.7. The molecule has 2 rings (SSSR count). The molecule has 0 radical (unpaired) electrons. The molecule has 0 spiro atoms. The molecule has 1 aromatic heterocycles. The molecule has 1 unspecified atom stereocenters. The number of rotatable bonds is 8. The van der Waals surface area contributed by atoms with Crippen LogP contribution in [-0.2, 0) is 42.9 Å². The van der Waals surface area contributed by atoms with Crippen molar-refractivity contribution in [3.05, 3.63) is 11.8 Å². The first-order valence-electron chi connectivity index (χ1n) is 15.0. The topological polar surface area (TPSA) is 152 Å². The molecule has 12 nitrogen and oxygen atoms in total. The van der Waals surface area contributed by atoms with Crippen molar-refractivity contribution >= 4 is 23.9 Å². The van der Waals surface area contributed by atoms with Crippen LogP contribution in [0.4, 0.5) is 0 Å². The van der Waals surface area contributed by atoms with Gasteiger partial charge in [-0.1, -0.05) is 13.8 Å². The Morgan fingerprint density at radius 2 is 1.16 bits per heavy atom. The minimum atomic E-state index is -1.40. The van der Waals surface area contributed by atoms with Gasteiger partial charge in [0.15, 0.2) is 12.2 Å². The van der Waals surface area contributed by atoms with Gasteiger partial charge in [-0.05, 0) is 89.0 Å². The highest BCUT2D eigenvalue weighted by Gasteiger charge is 2.55. The van der Waals surface area contributed by atoms with E-state index in [0.29, 0.717) is 0 Å². The summed E-state index contributed by atoms with van der Waals surface area (Å²) in [5.41, 5.74) is -2.96. The molecule has 0 amide bonds. The fraction of sp³-hybridized carbons (Fsp3) is 0.781. The molecule has 1 aliphatic rings. The summed E-state index contributed by atoms with van der Waals surface area (Å²) < 4.78 is 35.9. The van der Waals surface area contributed by atoms with Gasteiger partial charge in [0.05, 0.1) is 21.7 Å². The zero-order chi connectivity index (χ0) is 34.0. The third-order valence-electron chi connectivity index (χ3n) is 6.58. The number of H-pyrrole nitrogens is 1. The number of nitrogens with one attached hydrogen (secondary N) is 1. The zero-order valence-electron chi connectivity index (χ0n) is 28.8. The first-order valence-corrected chi connectivity index (χ1v) is 15.0. The molecule has 1 N–H and O–H groups in total. The Labute approximate surface area is 261 Å². The van der Waals surface area contributed by atoms with Crippen LogP contribution >= 0.6 is 0 Å². The fourth-order valence-corrected chi connectivity index (χ4v) is 3.58. The standard InChI is InChI=1S/C32H52N2O10/c1-17(2)18-15-20(34-33-18)41-24-23(44-28(38)32(12,13)14)22(43-27(37)31(9,10)11)21(42-26(36)30(6,7)8)19(40-24)16-39-25(35)29(3,4)5/h15,17,19,21-24H,16H2,1-14H3,(H,33,34)/t19-,21-,22+,23-,24?/m1/s1. The van der Waals surface area contributed by atoms with E-state index < -0.39 is 76.2 Å². The molecule has 1 aliphatic heterocycles. The highest BCUT2D eigenvalue weighted by atomic mass is 16.7. The van der Waals surface area contributed by atoms with E-state index in [0.717, 1.165) is 5.69 Å². The van der Waals surface area contributed by atoms with Crippen LogP contribution in [0.1, 0.15) is 109 Å². The normalized spacial score (nSPS) is 23.1. The monoisotopic (exact) mass is 624 g/mol. The Bertz CT molecular complexity index is 1180. The molecule has 1 saturated heterocycles. The van der Waals surface area contributed by atoms with Crippen molar-refractivity contribution < 1.29 is 47.6 Å². The number of ether oxygens (including phenoxy) is 6. The number of aromatic nitrogens is 2. The van der Waals surface area contributed by atoms with Crippen LogP contribution in [0.5, 0.6) is 5.88 Å². The van der Waals surface area contributed by atoms with Gasteiger partial charge in [-0.25, -0.2) is 0 Å². The average molecular weight is 625 g/mol. The van der Waals surface area contributed by atoms with Gasteiger partial charge in [-0.15, -0.1) is 5.10 Å². The van der Waals surface area contributed by atoms with Gasteiger partial charge >= 0.3 is 23.9 Å². The Hall–Kier alpha value is -3.15. The Morgan fingerprint density at radius 1 is 0.727 bits per heavy atom. The molecule has 5 atom stereocenters. The predicted molar refractivity (Wildman–Crippen MR) is 160 cm³/mol. The summed E-state index contributed by atoms with van der Waals surface area (Å²) in [6, 6.07) is 1.67. The summed E-state index contributed by atoms with van der Waals surface area (Å²) >= 11 is 0. The average Bonchev–Trinajstić information content (AvgIpc) is 3.32. The Kier molecular flexibility index (Phi) is 11.3. The van der Waals surface area contributed by atoms with E-state index in [4.69, 9.17) is 28.4 Å². The number of hydrogen-bond donors (Lipinski definition) is 1. The molecular weight excluding hydrogens is 572 g/mol. The summed E-state index contributed by atoms with van der Waals surface area (Å²) in [7, 11) is 0. The lowest BCUT2D eigenvalue weighted by molar-refractivity contribution is -0.294. The number of carbonyl (C=O) groups is 4. The van der Waals surface area contributed by atoms with Crippen LogP contribution in [0.2, 0.25) is 0 Å². The van der Waals surface area contributed by atoms with Crippen LogP contribution < -0.4 is 4.74 Å². The van der Waals surface area contributed by atoms with Gasteiger partial charge in [0.2, 0.25) is 18.3 Å². The van der Waals surface area contributed by atoms with E-state index in [-0.39, 0.29) is 18.4 Å². The summed E-state index contributed by atoms with van der Waals surface area (Å²) in [5, 5.41) is 7.10. The van der Waals surface area contributed by atoms with Crippen LogP contribution in [0.3, 0.4) is 0 Å². The van der Waals surface area contributed by atoms with Crippen molar-refractivity contribution in [3.63, 3.8) is 0 Å². The van der Waals surface area contributed by atoms with Crippen LogP contribution in [0, 0.1) is 21.7 Å². The minimum Gasteiger partial charge on any atom is -0.462 e. The van der Waals surface area contributed by atoms with Crippen molar-refractivity contribution in [2.24, 2.45) is 21.7 Å². The maximum Gasteiger partial charge on any atom is 0.311 e. The van der Waals surface area contributed by atoms with E-state index in [1.54, 1.807) is 89.2 Å². The quantitative estimate of drug-likeness (QED) is 0.304. The van der Waals surface area contributed by atoms with E-state index in [1.165, 1.54) is 0 Å². The molecule has 0 bridgehead atoms. The van der Waals surface area contributed by atoms with Crippen molar-refractivity contribution in [2.75, 3.05) is 6.61 Å². The molecule has 1 aromatic rings. The number of nitrogens with zero attached hydrogens (tertiary/aromatic N) is 1. The van der Waals surface area contributed by atoms with E-state index >= 15 is 0 Å². The van der Waals surface area contributed by atoms with Gasteiger partial charge in [0.1, 0.15) is 12.7 Å². The van der Waals surface area contributed by atoms with Crippen LogP contribution in [0.15, 0.2) is 6.07 Å². The third kappa shape index (κ3) is 9.93. The van der Waals surface area contributed by atoms with Crippen molar-refractivity contribution in [1.29, 1.82) is 0 Å². The summed E-state index contributed by atoms with van der Waals surface area (Å²) in [6.07, 6.45) is -6.72. The van der Waals surface area contributed by atoms with Gasteiger partial charge < -0.3 is 28.4 Å². The minimum absolute atomic E-state index is 0.105. The lowest BCUT2D eigenvalue weighted by atomic mass is 9.93. The van der Waals surface area contributed by atoms with Gasteiger partial charge in [0.25, 0.3) is 0 Å². The first-order chi connectivity index (χ1) is 19.8. The number of esters is 4. The van der Waals surface area contributed by atoms with Gasteiger partial charge in [-0.2, -0.15) is 0 Å². The molecule has 0 saturated carbocycles. The van der Waals surface area contributed by atoms with E-state index in [1.807, 2.05) is 13.8 Å². The van der Waals surface area contributed by atoms with E-state index in [2.05, 4.69) is 10.2 Å². The molecule has 250 valence electrons. The summed E-state index contributed by atoms with van der Waals surface area (Å²) in [4.78, 5) is 52.6. The lowest BCUT2D eigenvalue weighted by Gasteiger charge is -2.45. The lowest BCUT2D eigenvalue weighted by Crippen LogP contribution is -2.65. The fourth-order valence-electron chi connectivity index (χ4n) is 3.58. The van der Waals surface area contributed by atoms with Crippen LogP contribution in [0.25, 0.3) is 0 Å². The third-order valence-corrected chi connectivity index (χ3v) is 6.58. The molecular formula is C32H52N2O10. The number of hydrogen-bond acceptors (Lipinski definition) is 11. The second kappa shape index (κ2) is 13.5. The predicted octanol–water partition coefficient (Wildman–Crippen LogP) is 5.10. The van der Waals surface area contributed by atoms with Crippen molar-refractivity contribution in [3.8, 4) is 5.88 Å². The molecule has 0 aromatic carbocycles. The molecule has 2 heterocycles. The summed E-state index contributed by atoms with van der Waals surface area (Å²) in [5.74, 6) is -2.22. The SMILES string of the molecule is CC(C)c1cc(OC2O[C@H](COC(=O)C(C)(C)C)[C@@H](OC(=O)C(C)(C)C)[C@H](OC(=O)C(C)(C)C)[C@H]2OC(=O)C(C)(C)C)n[nH]1. The largest absolute Gasteiger partial charge is 0.462 e. The highest BCUT2D eigenvalue weighted by Crippen LogP contribution is 2.35. The first kappa shape index (κ1) is 37.0. The maximum absolute atomic E-state index is 13.3. The van der Waals surface area contributed by atoms with Crippen molar-refractivity contribution in [1.82, 2.24) is 10.2 Å². The Morgan fingerprint density at radius 3 is 1.57 bits per heavy atom. The number of aromatic amines is 1. The highest BCUT2D eigenvalue weighted by molar-refractivity contribution is 5.78. The molecule has 0 aliphatic carbocycles. The smallest absolute Gasteiger partial charge is 0.311 e. The van der Waals surface area contributed by atoms with E-state index in [9.17, 15) is 19.2 Å².